The molecule has 0 aromatic carbocycles. The summed E-state index contributed by atoms with van der Waals surface area (Å²) in [6.45, 7) is 3.37. The molecule has 0 aromatic heterocycles. The average Bonchev–Trinajstić information content (AvgIpc) is 2.55. The van der Waals surface area contributed by atoms with Crippen molar-refractivity contribution in [1.29, 1.82) is 0 Å². The molecule has 0 radical (unpaired) electrons. The van der Waals surface area contributed by atoms with Crippen molar-refractivity contribution in [3.05, 3.63) is 0 Å². The molecule has 64 valence electrons. The van der Waals surface area contributed by atoms with Crippen molar-refractivity contribution in [2.75, 3.05) is 6.54 Å². The largest absolute Gasteiger partial charge is 0.330 e. The molecule has 0 bridgehead atoms. The Bertz CT molecular complexity index is 149. The lowest BCUT2D eigenvalue weighted by molar-refractivity contribution is 0.314. The van der Waals surface area contributed by atoms with Crippen LogP contribution in [0.25, 0.3) is 0 Å². The summed E-state index contributed by atoms with van der Waals surface area (Å²) in [7, 11) is 0. The molecule has 0 spiro atoms. The van der Waals surface area contributed by atoms with Gasteiger partial charge < -0.3 is 5.73 Å². The van der Waals surface area contributed by atoms with Crippen LogP contribution in [0.15, 0.2) is 0 Å². The molecule has 2 fully saturated rings. The first-order valence-electron chi connectivity index (χ1n) is 4.97. The van der Waals surface area contributed by atoms with Crippen molar-refractivity contribution in [2.45, 2.75) is 39.0 Å². The lowest BCUT2D eigenvalue weighted by Gasteiger charge is -2.18. The first-order chi connectivity index (χ1) is 5.27. The smallest absolute Gasteiger partial charge is 0.00433 e. The zero-order valence-corrected chi connectivity index (χ0v) is 7.47. The fraction of sp³-hybridized carbons (Fsp3) is 1.00. The van der Waals surface area contributed by atoms with Crippen molar-refractivity contribution < 1.29 is 0 Å². The van der Waals surface area contributed by atoms with Crippen molar-refractivity contribution in [1.82, 2.24) is 0 Å². The molecule has 1 nitrogen and oxygen atoms in total. The van der Waals surface area contributed by atoms with Crippen LogP contribution in [0.5, 0.6) is 0 Å². The highest BCUT2D eigenvalue weighted by atomic mass is 14.7. The van der Waals surface area contributed by atoms with Gasteiger partial charge in [-0.3, -0.25) is 0 Å². The van der Waals surface area contributed by atoms with E-state index in [2.05, 4.69) is 6.92 Å². The fourth-order valence-electron chi connectivity index (χ4n) is 2.91. The predicted molar refractivity (Wildman–Crippen MR) is 47.2 cm³/mol. The van der Waals surface area contributed by atoms with Crippen molar-refractivity contribution in [3.8, 4) is 0 Å². The van der Waals surface area contributed by atoms with E-state index in [4.69, 9.17) is 5.73 Å². The minimum absolute atomic E-state index is 0.672. The van der Waals surface area contributed by atoms with Gasteiger partial charge in [-0.15, -0.1) is 0 Å². The molecule has 0 heterocycles. The molecule has 0 aliphatic heterocycles. The van der Waals surface area contributed by atoms with Crippen LogP contribution in [0.3, 0.4) is 0 Å². The molecule has 1 heteroatoms. The van der Waals surface area contributed by atoms with Gasteiger partial charge in [-0.2, -0.15) is 0 Å². The van der Waals surface area contributed by atoms with E-state index < -0.39 is 0 Å². The molecule has 0 amide bonds. The first kappa shape index (κ1) is 7.60. The molecular weight excluding hydrogens is 134 g/mol. The van der Waals surface area contributed by atoms with Crippen LogP contribution in [0.1, 0.15) is 39.0 Å². The third kappa shape index (κ3) is 1.10. The zero-order valence-electron chi connectivity index (χ0n) is 7.47. The van der Waals surface area contributed by atoms with Gasteiger partial charge in [-0.05, 0) is 43.1 Å². The van der Waals surface area contributed by atoms with Crippen LogP contribution >= 0.6 is 0 Å². The highest BCUT2D eigenvalue weighted by Crippen LogP contribution is 2.60. The van der Waals surface area contributed by atoms with E-state index in [0.29, 0.717) is 5.41 Å². The van der Waals surface area contributed by atoms with Crippen LogP contribution in [-0.4, -0.2) is 6.54 Å². The first-order valence-corrected chi connectivity index (χ1v) is 4.97. The van der Waals surface area contributed by atoms with Gasteiger partial charge in [-0.1, -0.05) is 19.8 Å². The molecule has 2 unspecified atom stereocenters. The standard InChI is InChI=1S/C10H19N/c1-10(6-9(10)7-11)8-4-2-3-5-8/h8-9H,2-7,11H2,1H3. The highest BCUT2D eigenvalue weighted by molar-refractivity contribution is 5.04. The molecular formula is C10H19N. The van der Waals surface area contributed by atoms with Crippen molar-refractivity contribution in [3.63, 3.8) is 0 Å². The Morgan fingerprint density at radius 3 is 2.45 bits per heavy atom. The van der Waals surface area contributed by atoms with Gasteiger partial charge in [0.1, 0.15) is 0 Å². The van der Waals surface area contributed by atoms with Crippen LogP contribution in [0, 0.1) is 17.3 Å². The van der Waals surface area contributed by atoms with Crippen LogP contribution in [0.2, 0.25) is 0 Å². The molecule has 2 aliphatic rings. The quantitative estimate of drug-likeness (QED) is 0.646. The minimum atomic E-state index is 0.672. The van der Waals surface area contributed by atoms with Crippen LogP contribution < -0.4 is 5.73 Å². The van der Waals surface area contributed by atoms with Gasteiger partial charge in [0.25, 0.3) is 0 Å². The lowest BCUT2D eigenvalue weighted by atomic mass is 9.87. The van der Waals surface area contributed by atoms with E-state index in [1.807, 2.05) is 0 Å². The summed E-state index contributed by atoms with van der Waals surface area (Å²) in [6.07, 6.45) is 7.31. The maximum atomic E-state index is 5.68. The Labute approximate surface area is 69.4 Å². The number of hydrogen-bond donors (Lipinski definition) is 1. The third-order valence-electron chi connectivity index (χ3n) is 4.03. The summed E-state index contributed by atoms with van der Waals surface area (Å²) in [4.78, 5) is 0. The number of hydrogen-bond acceptors (Lipinski definition) is 1. The van der Waals surface area contributed by atoms with Gasteiger partial charge >= 0.3 is 0 Å². The van der Waals surface area contributed by atoms with E-state index in [1.165, 1.54) is 32.1 Å². The van der Waals surface area contributed by atoms with E-state index in [0.717, 1.165) is 18.4 Å². The van der Waals surface area contributed by atoms with Crippen LogP contribution in [-0.2, 0) is 0 Å². The zero-order chi connectivity index (χ0) is 7.90. The molecule has 11 heavy (non-hydrogen) atoms. The topological polar surface area (TPSA) is 26.0 Å². The van der Waals surface area contributed by atoms with Gasteiger partial charge in [0.05, 0.1) is 0 Å². The maximum absolute atomic E-state index is 5.68. The second-order valence-electron chi connectivity index (χ2n) is 4.62. The highest BCUT2D eigenvalue weighted by Gasteiger charge is 2.53. The van der Waals surface area contributed by atoms with E-state index >= 15 is 0 Å². The summed E-state index contributed by atoms with van der Waals surface area (Å²) < 4.78 is 0. The van der Waals surface area contributed by atoms with Crippen molar-refractivity contribution in [2.24, 2.45) is 23.0 Å². The maximum Gasteiger partial charge on any atom is -0.00433 e. The van der Waals surface area contributed by atoms with Gasteiger partial charge in [0, 0.05) is 0 Å². The summed E-state index contributed by atoms with van der Waals surface area (Å²) in [6, 6.07) is 0. The number of nitrogens with two attached hydrogens (primary N) is 1. The second kappa shape index (κ2) is 2.48. The van der Waals surface area contributed by atoms with Gasteiger partial charge in [-0.25, -0.2) is 0 Å². The Kier molecular flexibility index (Phi) is 1.71. The Hall–Kier alpha value is -0.0400. The van der Waals surface area contributed by atoms with Gasteiger partial charge in [0.15, 0.2) is 0 Å². The monoisotopic (exact) mass is 153 g/mol. The molecule has 2 atom stereocenters. The average molecular weight is 153 g/mol. The number of rotatable bonds is 2. The Balaban J connectivity index is 1.94. The van der Waals surface area contributed by atoms with E-state index in [9.17, 15) is 0 Å². The van der Waals surface area contributed by atoms with Crippen molar-refractivity contribution >= 4 is 0 Å². The molecule has 2 N–H and O–H groups in total. The summed E-state index contributed by atoms with van der Waals surface area (Å²) >= 11 is 0. The normalized spacial score (nSPS) is 44.7. The summed E-state index contributed by atoms with van der Waals surface area (Å²) in [5.74, 6) is 1.89. The summed E-state index contributed by atoms with van der Waals surface area (Å²) in [5, 5.41) is 0. The van der Waals surface area contributed by atoms with Crippen LogP contribution in [0.4, 0.5) is 0 Å². The minimum Gasteiger partial charge on any atom is -0.330 e. The molecule has 2 saturated carbocycles. The van der Waals surface area contributed by atoms with E-state index in [1.54, 1.807) is 0 Å². The van der Waals surface area contributed by atoms with Gasteiger partial charge in [0.2, 0.25) is 0 Å². The summed E-state index contributed by atoms with van der Waals surface area (Å²) in [5.41, 5.74) is 6.35. The third-order valence-corrected chi connectivity index (χ3v) is 4.03. The van der Waals surface area contributed by atoms with E-state index in [-0.39, 0.29) is 0 Å². The molecule has 2 aliphatic carbocycles. The SMILES string of the molecule is CC1(C2CCCC2)CC1CN. The Morgan fingerprint density at radius 2 is 2.00 bits per heavy atom. The predicted octanol–water partition coefficient (Wildman–Crippen LogP) is 2.16. The fourth-order valence-corrected chi connectivity index (χ4v) is 2.91. The molecule has 0 saturated heterocycles. The lowest BCUT2D eigenvalue weighted by Crippen LogP contribution is -2.15. The second-order valence-corrected chi connectivity index (χ2v) is 4.62. The Morgan fingerprint density at radius 1 is 1.36 bits per heavy atom. The molecule has 2 rings (SSSR count). The molecule has 0 aromatic rings.